The number of urea groups is 1. The van der Waals surface area contributed by atoms with Gasteiger partial charge in [-0.1, -0.05) is 23.8 Å². The standard InChI is InChI=1S/C29H36N4O5/c1-6-38-28(35)25-24(31(4)29(36)30-26(25)23-17-19(2)7-8-20(23)3)18-32-13-15-33(16-14-32)27(34)21-9-11-22(37-5)12-10-21/h7-12,17,26H,6,13-16,18H2,1-5H3,(H,30,36)/t26-/m1/s1. The number of carbonyl (C=O) groups excluding carboxylic acids is 3. The maximum Gasteiger partial charge on any atom is 0.338 e. The number of nitrogens with zero attached hydrogens (tertiary/aromatic N) is 3. The fraction of sp³-hybridized carbons (Fsp3) is 0.414. The molecule has 1 fully saturated rings. The Morgan fingerprint density at radius 3 is 2.34 bits per heavy atom. The fourth-order valence-corrected chi connectivity index (χ4v) is 4.94. The molecule has 0 bridgehead atoms. The molecule has 1 saturated heterocycles. The Morgan fingerprint density at radius 2 is 1.71 bits per heavy atom. The lowest BCUT2D eigenvalue weighted by molar-refractivity contribution is -0.139. The van der Waals surface area contributed by atoms with Gasteiger partial charge in [0, 0.05) is 51.0 Å². The summed E-state index contributed by atoms with van der Waals surface area (Å²) in [6.07, 6.45) is 0. The average Bonchev–Trinajstić information content (AvgIpc) is 2.92. The quantitative estimate of drug-likeness (QED) is 0.564. The first kappa shape index (κ1) is 27.2. The number of aryl methyl sites for hydroxylation is 2. The van der Waals surface area contributed by atoms with Crippen molar-refractivity contribution in [3.63, 3.8) is 0 Å². The first-order valence-electron chi connectivity index (χ1n) is 12.9. The average molecular weight is 521 g/mol. The Labute approximate surface area is 224 Å². The van der Waals surface area contributed by atoms with E-state index in [2.05, 4.69) is 10.2 Å². The molecule has 9 nitrogen and oxygen atoms in total. The molecule has 2 aliphatic rings. The second kappa shape index (κ2) is 11.7. The van der Waals surface area contributed by atoms with Gasteiger partial charge in [-0.25, -0.2) is 9.59 Å². The normalized spacial score (nSPS) is 18.3. The molecular weight excluding hydrogens is 484 g/mol. The van der Waals surface area contributed by atoms with Crippen LogP contribution in [0.3, 0.4) is 0 Å². The topological polar surface area (TPSA) is 91.4 Å². The van der Waals surface area contributed by atoms with Crippen molar-refractivity contribution >= 4 is 17.9 Å². The number of amides is 3. The van der Waals surface area contributed by atoms with E-state index in [-0.39, 0.29) is 18.5 Å². The largest absolute Gasteiger partial charge is 0.497 e. The summed E-state index contributed by atoms with van der Waals surface area (Å²) in [5.41, 5.74) is 4.58. The molecule has 0 aliphatic carbocycles. The van der Waals surface area contributed by atoms with Gasteiger partial charge in [0.25, 0.3) is 5.91 Å². The number of piperazine rings is 1. The Balaban J connectivity index is 1.57. The zero-order valence-corrected chi connectivity index (χ0v) is 22.7. The van der Waals surface area contributed by atoms with Crippen LogP contribution in [0.15, 0.2) is 53.7 Å². The maximum absolute atomic E-state index is 13.3. The van der Waals surface area contributed by atoms with E-state index in [9.17, 15) is 14.4 Å². The molecule has 0 aromatic heterocycles. The van der Waals surface area contributed by atoms with Crippen molar-refractivity contribution in [3.05, 3.63) is 76.0 Å². The van der Waals surface area contributed by atoms with Crippen LogP contribution in [0.1, 0.15) is 40.0 Å². The molecule has 0 radical (unpaired) electrons. The minimum Gasteiger partial charge on any atom is -0.497 e. The highest BCUT2D eigenvalue weighted by molar-refractivity contribution is 5.95. The van der Waals surface area contributed by atoms with E-state index in [0.29, 0.717) is 55.3 Å². The lowest BCUT2D eigenvalue weighted by Gasteiger charge is -2.39. The summed E-state index contributed by atoms with van der Waals surface area (Å²) in [7, 11) is 3.27. The van der Waals surface area contributed by atoms with Crippen LogP contribution in [0.4, 0.5) is 4.79 Å². The first-order valence-corrected chi connectivity index (χ1v) is 12.9. The molecule has 2 aliphatic heterocycles. The third-order valence-corrected chi connectivity index (χ3v) is 7.19. The van der Waals surface area contributed by atoms with Crippen LogP contribution in [0.5, 0.6) is 5.75 Å². The van der Waals surface area contributed by atoms with Gasteiger partial charge in [-0.2, -0.15) is 0 Å². The first-order chi connectivity index (χ1) is 18.2. The Morgan fingerprint density at radius 1 is 1.03 bits per heavy atom. The summed E-state index contributed by atoms with van der Waals surface area (Å²) in [4.78, 5) is 44.8. The number of benzene rings is 2. The predicted molar refractivity (Wildman–Crippen MR) is 144 cm³/mol. The molecule has 3 amide bonds. The molecule has 0 spiro atoms. The molecule has 0 unspecified atom stereocenters. The minimum absolute atomic E-state index is 0.0251. The van der Waals surface area contributed by atoms with Gasteiger partial charge < -0.3 is 19.7 Å². The van der Waals surface area contributed by atoms with Gasteiger partial charge in [0.2, 0.25) is 0 Å². The third-order valence-electron chi connectivity index (χ3n) is 7.19. The number of methoxy groups -OCH3 is 1. The number of ether oxygens (including phenoxy) is 2. The SMILES string of the molecule is CCOC(=O)C1=C(CN2CCN(C(=O)c3ccc(OC)cc3)CC2)N(C)C(=O)N[C@@H]1c1cc(C)ccc1C. The smallest absolute Gasteiger partial charge is 0.338 e. The third kappa shape index (κ3) is 5.67. The van der Waals surface area contributed by atoms with E-state index >= 15 is 0 Å². The van der Waals surface area contributed by atoms with Gasteiger partial charge in [-0.05, 0) is 56.2 Å². The van der Waals surface area contributed by atoms with Gasteiger partial charge in [-0.15, -0.1) is 0 Å². The molecule has 2 aromatic rings. The lowest BCUT2D eigenvalue weighted by Crippen LogP contribution is -2.53. The van der Waals surface area contributed by atoms with Crippen LogP contribution < -0.4 is 10.1 Å². The van der Waals surface area contributed by atoms with Crippen LogP contribution in [0.2, 0.25) is 0 Å². The number of esters is 1. The monoisotopic (exact) mass is 520 g/mol. The summed E-state index contributed by atoms with van der Waals surface area (Å²) in [5, 5.41) is 3.00. The van der Waals surface area contributed by atoms with Crippen molar-refractivity contribution in [2.75, 3.05) is 53.5 Å². The van der Waals surface area contributed by atoms with Crippen molar-refractivity contribution in [3.8, 4) is 5.75 Å². The van der Waals surface area contributed by atoms with E-state index in [1.807, 2.05) is 36.9 Å². The molecule has 9 heteroatoms. The van der Waals surface area contributed by atoms with Crippen LogP contribution in [-0.2, 0) is 9.53 Å². The number of carbonyl (C=O) groups is 3. The van der Waals surface area contributed by atoms with Gasteiger partial charge >= 0.3 is 12.0 Å². The van der Waals surface area contributed by atoms with E-state index in [4.69, 9.17) is 9.47 Å². The van der Waals surface area contributed by atoms with Crippen molar-refractivity contribution in [2.24, 2.45) is 0 Å². The number of nitrogens with one attached hydrogen (secondary N) is 1. The summed E-state index contributed by atoms with van der Waals surface area (Å²) < 4.78 is 10.6. The van der Waals surface area contributed by atoms with Gasteiger partial charge in [0.05, 0.1) is 25.3 Å². The molecular formula is C29H36N4O5. The van der Waals surface area contributed by atoms with E-state index in [0.717, 1.165) is 16.7 Å². The fourth-order valence-electron chi connectivity index (χ4n) is 4.94. The molecule has 2 heterocycles. The lowest BCUT2D eigenvalue weighted by atomic mass is 9.90. The molecule has 4 rings (SSSR count). The summed E-state index contributed by atoms with van der Waals surface area (Å²) in [6, 6.07) is 12.2. The Kier molecular flexibility index (Phi) is 8.36. The van der Waals surface area contributed by atoms with E-state index in [1.54, 1.807) is 45.3 Å². The molecule has 1 N–H and O–H groups in total. The molecule has 202 valence electrons. The van der Waals surface area contributed by atoms with Crippen LogP contribution >= 0.6 is 0 Å². The highest BCUT2D eigenvalue weighted by Crippen LogP contribution is 2.33. The molecule has 2 aromatic carbocycles. The Bertz CT molecular complexity index is 1230. The summed E-state index contributed by atoms with van der Waals surface area (Å²) >= 11 is 0. The van der Waals surface area contributed by atoms with Gasteiger partial charge in [-0.3, -0.25) is 14.6 Å². The van der Waals surface area contributed by atoms with Crippen molar-refractivity contribution < 1.29 is 23.9 Å². The molecule has 0 saturated carbocycles. The predicted octanol–water partition coefficient (Wildman–Crippen LogP) is 3.28. The molecule has 38 heavy (non-hydrogen) atoms. The zero-order chi connectivity index (χ0) is 27.4. The number of rotatable bonds is 7. The Hall–Kier alpha value is -3.85. The second-order valence-corrected chi connectivity index (χ2v) is 9.68. The van der Waals surface area contributed by atoms with Crippen molar-refractivity contribution in [1.29, 1.82) is 0 Å². The summed E-state index contributed by atoms with van der Waals surface area (Å²) in [6.45, 7) is 8.68. The highest BCUT2D eigenvalue weighted by atomic mass is 16.5. The zero-order valence-electron chi connectivity index (χ0n) is 22.7. The van der Waals surface area contributed by atoms with Crippen LogP contribution in [-0.4, -0.2) is 86.1 Å². The van der Waals surface area contributed by atoms with Gasteiger partial charge in [0.1, 0.15) is 5.75 Å². The highest BCUT2D eigenvalue weighted by Gasteiger charge is 2.38. The van der Waals surface area contributed by atoms with Crippen LogP contribution in [0, 0.1) is 13.8 Å². The molecule has 1 atom stereocenters. The summed E-state index contributed by atoms with van der Waals surface area (Å²) in [5.74, 6) is 0.244. The van der Waals surface area contributed by atoms with Gasteiger partial charge in [0.15, 0.2) is 0 Å². The van der Waals surface area contributed by atoms with Crippen molar-refractivity contribution in [1.82, 2.24) is 20.0 Å². The second-order valence-electron chi connectivity index (χ2n) is 9.68. The maximum atomic E-state index is 13.3. The van der Waals surface area contributed by atoms with Crippen molar-refractivity contribution in [2.45, 2.75) is 26.8 Å². The number of hydrogen-bond donors (Lipinski definition) is 1. The number of likely N-dealkylation sites (N-methyl/N-ethyl adjacent to an activating group) is 1. The minimum atomic E-state index is -0.606. The van der Waals surface area contributed by atoms with Crippen LogP contribution in [0.25, 0.3) is 0 Å². The van der Waals surface area contributed by atoms with E-state index in [1.165, 1.54) is 4.90 Å². The van der Waals surface area contributed by atoms with E-state index < -0.39 is 12.0 Å². The number of hydrogen-bond acceptors (Lipinski definition) is 6.